The van der Waals surface area contributed by atoms with Gasteiger partial charge in [-0.15, -0.1) is 0 Å². The second-order valence-electron chi connectivity index (χ2n) is 3.86. The Bertz CT molecular complexity index is 475. The monoisotopic (exact) mass is 306 g/mol. The van der Waals surface area contributed by atoms with Gasteiger partial charge >= 0.3 is 23.9 Å². The summed E-state index contributed by atoms with van der Waals surface area (Å²) in [6.45, 7) is 3.53. The van der Waals surface area contributed by atoms with Crippen molar-refractivity contribution in [1.82, 2.24) is 0 Å². The van der Waals surface area contributed by atoms with Crippen LogP contribution in [0.25, 0.3) is 0 Å². The molecule has 0 atom stereocenters. The van der Waals surface area contributed by atoms with Crippen LogP contribution in [0.4, 0.5) is 0 Å². The summed E-state index contributed by atoms with van der Waals surface area (Å²) in [4.78, 5) is 44.8. The molecule has 22 heavy (non-hydrogen) atoms. The molecule has 0 aliphatic heterocycles. The van der Waals surface area contributed by atoms with Gasteiger partial charge in [-0.3, -0.25) is 9.59 Å². The van der Waals surface area contributed by atoms with Crippen molar-refractivity contribution in [2.24, 2.45) is 0 Å². The number of hydrogen-bond acceptors (Lipinski definition) is 6. The molecule has 0 aliphatic rings. The van der Waals surface area contributed by atoms with Gasteiger partial charge < -0.3 is 9.47 Å². The molecule has 0 aromatic carbocycles. The minimum atomic E-state index is -0.871. The summed E-state index contributed by atoms with van der Waals surface area (Å²) in [6.07, 6.45) is 10.9. The smallest absolute Gasteiger partial charge is 0.338 e. The highest BCUT2D eigenvalue weighted by molar-refractivity contribution is 5.95. The van der Waals surface area contributed by atoms with Crippen molar-refractivity contribution in [3.05, 3.63) is 48.6 Å². The molecule has 0 fully saturated rings. The molecule has 0 spiro atoms. The molecule has 0 heterocycles. The summed E-state index contributed by atoms with van der Waals surface area (Å²) in [5, 5.41) is 0. The predicted octanol–water partition coefficient (Wildman–Crippen LogP) is 2.17. The molecule has 118 valence electrons. The van der Waals surface area contributed by atoms with E-state index in [1.54, 1.807) is 38.2 Å². The number of carbonyl (C=O) groups is 4. The van der Waals surface area contributed by atoms with Gasteiger partial charge in [0.25, 0.3) is 0 Å². The van der Waals surface area contributed by atoms with Crippen LogP contribution in [0.5, 0.6) is 0 Å². The van der Waals surface area contributed by atoms with E-state index in [0.29, 0.717) is 0 Å². The molecule has 0 saturated carbocycles. The van der Waals surface area contributed by atoms with Crippen molar-refractivity contribution in [1.29, 1.82) is 0 Å². The number of hydrogen-bond donors (Lipinski definition) is 0. The standard InChI is InChI=1S/C16H18O6/c1-3-5-7-9-13(17)21-15(19)11-12-16(20)22-14(18)10-8-6-4-2/h3-10H,11-12H2,1-2H3/b5-3+,6-4+,9-7+,10-8+. The van der Waals surface area contributed by atoms with E-state index >= 15 is 0 Å². The number of ether oxygens (including phenoxy) is 2. The van der Waals surface area contributed by atoms with Gasteiger partial charge in [0.2, 0.25) is 0 Å². The quantitative estimate of drug-likeness (QED) is 0.310. The first-order valence-corrected chi connectivity index (χ1v) is 6.57. The van der Waals surface area contributed by atoms with Crippen LogP contribution in [-0.2, 0) is 28.7 Å². The molecule has 0 saturated heterocycles. The lowest BCUT2D eigenvalue weighted by molar-refractivity contribution is -0.161. The van der Waals surface area contributed by atoms with Gasteiger partial charge in [0.05, 0.1) is 12.8 Å². The number of esters is 4. The molecule has 6 nitrogen and oxygen atoms in total. The maximum absolute atomic E-state index is 11.3. The normalized spacial score (nSPS) is 11.5. The highest BCUT2D eigenvalue weighted by atomic mass is 16.6. The van der Waals surface area contributed by atoms with Gasteiger partial charge in [-0.25, -0.2) is 9.59 Å². The van der Waals surface area contributed by atoms with Crippen molar-refractivity contribution in [3.8, 4) is 0 Å². The van der Waals surface area contributed by atoms with E-state index in [-0.39, 0.29) is 12.8 Å². The fourth-order valence-electron chi connectivity index (χ4n) is 1.09. The largest absolute Gasteiger partial charge is 0.390 e. The van der Waals surface area contributed by atoms with Crippen molar-refractivity contribution >= 4 is 23.9 Å². The molecule has 0 aliphatic carbocycles. The number of carbonyl (C=O) groups excluding carboxylic acids is 4. The lowest BCUT2D eigenvalue weighted by Crippen LogP contribution is -2.15. The zero-order valence-electron chi connectivity index (χ0n) is 12.5. The minimum Gasteiger partial charge on any atom is -0.390 e. The molecule has 0 rings (SSSR count). The predicted molar refractivity (Wildman–Crippen MR) is 79.3 cm³/mol. The second kappa shape index (κ2) is 12.0. The summed E-state index contributed by atoms with van der Waals surface area (Å²) < 4.78 is 8.83. The summed E-state index contributed by atoms with van der Waals surface area (Å²) in [6, 6.07) is 0. The summed E-state index contributed by atoms with van der Waals surface area (Å²) in [7, 11) is 0. The van der Waals surface area contributed by atoms with Crippen LogP contribution in [0, 0.1) is 0 Å². The Labute approximate surface area is 128 Å². The van der Waals surface area contributed by atoms with Crippen LogP contribution in [-0.4, -0.2) is 23.9 Å². The SMILES string of the molecule is C/C=C/C=C/C(=O)OC(=O)CCC(=O)OC(=O)/C=C/C=C/C. The van der Waals surface area contributed by atoms with Gasteiger partial charge in [0, 0.05) is 12.2 Å². The van der Waals surface area contributed by atoms with Crippen LogP contribution in [0.15, 0.2) is 48.6 Å². The van der Waals surface area contributed by atoms with Crippen molar-refractivity contribution in [2.45, 2.75) is 26.7 Å². The molecule has 0 radical (unpaired) electrons. The van der Waals surface area contributed by atoms with Crippen LogP contribution < -0.4 is 0 Å². The third kappa shape index (κ3) is 11.1. The van der Waals surface area contributed by atoms with Gasteiger partial charge in [0.15, 0.2) is 0 Å². The molecule has 6 heteroatoms. The lowest BCUT2D eigenvalue weighted by Gasteiger charge is -2.00. The molecule has 0 bridgehead atoms. The van der Waals surface area contributed by atoms with Gasteiger partial charge in [-0.05, 0) is 13.8 Å². The van der Waals surface area contributed by atoms with Gasteiger partial charge in [-0.1, -0.05) is 36.5 Å². The van der Waals surface area contributed by atoms with Crippen LogP contribution in [0.1, 0.15) is 26.7 Å². The maximum atomic E-state index is 11.3. The fourth-order valence-corrected chi connectivity index (χ4v) is 1.09. The van der Waals surface area contributed by atoms with E-state index < -0.39 is 23.9 Å². The van der Waals surface area contributed by atoms with Gasteiger partial charge in [-0.2, -0.15) is 0 Å². The van der Waals surface area contributed by atoms with E-state index in [9.17, 15) is 19.2 Å². The summed E-state index contributed by atoms with van der Waals surface area (Å²) in [5.74, 6) is -3.41. The molecule has 0 N–H and O–H groups in total. The first-order chi connectivity index (χ1) is 10.5. The summed E-state index contributed by atoms with van der Waals surface area (Å²) >= 11 is 0. The van der Waals surface area contributed by atoms with E-state index in [0.717, 1.165) is 12.2 Å². The topological polar surface area (TPSA) is 86.7 Å². The van der Waals surface area contributed by atoms with Crippen LogP contribution >= 0.6 is 0 Å². The Morgan fingerprint density at radius 3 is 1.36 bits per heavy atom. The Morgan fingerprint density at radius 1 is 0.682 bits per heavy atom. The fraction of sp³-hybridized carbons (Fsp3) is 0.250. The average Bonchev–Trinajstić information content (AvgIpc) is 2.45. The van der Waals surface area contributed by atoms with E-state index in [1.165, 1.54) is 12.2 Å². The molecular formula is C16H18O6. The zero-order chi connectivity index (χ0) is 16.8. The van der Waals surface area contributed by atoms with E-state index in [2.05, 4.69) is 9.47 Å². The first kappa shape index (κ1) is 19.2. The molecule has 0 amide bonds. The minimum absolute atomic E-state index is 0.353. The second-order valence-corrected chi connectivity index (χ2v) is 3.86. The van der Waals surface area contributed by atoms with Crippen LogP contribution in [0.2, 0.25) is 0 Å². The van der Waals surface area contributed by atoms with Crippen LogP contribution in [0.3, 0.4) is 0 Å². The number of allylic oxidation sites excluding steroid dienone is 6. The van der Waals surface area contributed by atoms with Crippen molar-refractivity contribution in [3.63, 3.8) is 0 Å². The molecular weight excluding hydrogens is 288 g/mol. The highest BCUT2D eigenvalue weighted by Gasteiger charge is 2.13. The van der Waals surface area contributed by atoms with Crippen molar-refractivity contribution < 1.29 is 28.7 Å². The van der Waals surface area contributed by atoms with Crippen molar-refractivity contribution in [2.75, 3.05) is 0 Å². The maximum Gasteiger partial charge on any atom is 0.338 e. The lowest BCUT2D eigenvalue weighted by atomic mass is 10.3. The Kier molecular flexibility index (Phi) is 10.5. The third-order valence-corrected chi connectivity index (χ3v) is 2.03. The molecule has 0 aromatic rings. The zero-order valence-corrected chi connectivity index (χ0v) is 12.5. The van der Waals surface area contributed by atoms with Gasteiger partial charge in [0.1, 0.15) is 0 Å². The van der Waals surface area contributed by atoms with E-state index in [4.69, 9.17) is 0 Å². The van der Waals surface area contributed by atoms with E-state index in [1.807, 2.05) is 0 Å². The molecule has 0 unspecified atom stereocenters. The number of rotatable bonds is 7. The average molecular weight is 306 g/mol. The Morgan fingerprint density at radius 2 is 1.05 bits per heavy atom. The highest BCUT2D eigenvalue weighted by Crippen LogP contribution is 1.98. The Hall–Kier alpha value is -2.76. The molecule has 0 aromatic heterocycles. The summed E-state index contributed by atoms with van der Waals surface area (Å²) in [5.41, 5.74) is 0. The third-order valence-electron chi connectivity index (χ3n) is 2.03. The first-order valence-electron chi connectivity index (χ1n) is 6.57. The Balaban J connectivity index is 4.06.